The van der Waals surface area contributed by atoms with Crippen molar-refractivity contribution < 1.29 is 9.59 Å². The minimum absolute atomic E-state index is 0.0163. The van der Waals surface area contributed by atoms with Crippen LogP contribution in [0.25, 0.3) is 0 Å². The second-order valence-corrected chi connectivity index (χ2v) is 5.75. The topological polar surface area (TPSA) is 49.4 Å². The van der Waals surface area contributed by atoms with Gasteiger partial charge in [0.2, 0.25) is 11.8 Å². The van der Waals surface area contributed by atoms with Crippen LogP contribution in [0.3, 0.4) is 0 Å². The predicted octanol–water partition coefficient (Wildman–Crippen LogP) is 1.83. The second kappa shape index (κ2) is 5.00. The molecule has 4 heteroatoms. The molecular weight excluding hydrogens is 228 g/mol. The zero-order chi connectivity index (χ0) is 13.3. The van der Waals surface area contributed by atoms with E-state index in [1.165, 1.54) is 11.3 Å². The van der Waals surface area contributed by atoms with E-state index in [0.29, 0.717) is 6.42 Å². The van der Waals surface area contributed by atoms with Gasteiger partial charge in [-0.15, -0.1) is 0 Å². The average molecular weight is 252 g/mol. The fourth-order valence-electron chi connectivity index (χ4n) is 2.98. The standard InChI is InChI=1S/C14H24N2O2/c1-4-10(3)16-12(17)9-11(13(16)18)15-14(5-2)7-6-8-14/h10-11,15H,4-9H2,1-3H3. The molecule has 2 rings (SSSR count). The summed E-state index contributed by atoms with van der Waals surface area (Å²) in [6, 6.07) is -0.262. The van der Waals surface area contributed by atoms with Crippen molar-refractivity contribution in [3.8, 4) is 0 Å². The summed E-state index contributed by atoms with van der Waals surface area (Å²) in [5.41, 5.74) is 0.117. The van der Waals surface area contributed by atoms with E-state index in [-0.39, 0.29) is 29.4 Å². The first-order valence-electron chi connectivity index (χ1n) is 7.16. The van der Waals surface area contributed by atoms with Crippen LogP contribution < -0.4 is 5.32 Å². The zero-order valence-corrected chi connectivity index (χ0v) is 11.7. The summed E-state index contributed by atoms with van der Waals surface area (Å²) in [7, 11) is 0. The van der Waals surface area contributed by atoms with Crippen LogP contribution in [0, 0.1) is 0 Å². The average Bonchev–Trinajstić information content (AvgIpc) is 2.58. The monoisotopic (exact) mass is 252 g/mol. The first-order chi connectivity index (χ1) is 8.53. The Morgan fingerprint density at radius 2 is 2.06 bits per heavy atom. The van der Waals surface area contributed by atoms with Crippen molar-refractivity contribution in [1.29, 1.82) is 0 Å². The molecular formula is C14H24N2O2. The van der Waals surface area contributed by atoms with Crippen molar-refractivity contribution in [3.63, 3.8) is 0 Å². The summed E-state index contributed by atoms with van der Waals surface area (Å²) in [6.07, 6.45) is 5.68. The van der Waals surface area contributed by atoms with E-state index >= 15 is 0 Å². The molecule has 4 nitrogen and oxygen atoms in total. The molecule has 0 radical (unpaired) electrons. The Morgan fingerprint density at radius 1 is 1.39 bits per heavy atom. The van der Waals surface area contributed by atoms with Crippen molar-refractivity contribution in [1.82, 2.24) is 10.2 Å². The Morgan fingerprint density at radius 3 is 2.50 bits per heavy atom. The van der Waals surface area contributed by atoms with Crippen LogP contribution in [0.2, 0.25) is 0 Å². The number of hydrogen-bond acceptors (Lipinski definition) is 3. The van der Waals surface area contributed by atoms with E-state index in [0.717, 1.165) is 25.7 Å². The van der Waals surface area contributed by atoms with Crippen LogP contribution in [0.4, 0.5) is 0 Å². The van der Waals surface area contributed by atoms with E-state index in [2.05, 4.69) is 12.2 Å². The van der Waals surface area contributed by atoms with Gasteiger partial charge in [0.25, 0.3) is 0 Å². The molecule has 2 atom stereocenters. The predicted molar refractivity (Wildman–Crippen MR) is 70.0 cm³/mol. The Labute approximate surface area is 109 Å². The Hall–Kier alpha value is -0.900. The highest BCUT2D eigenvalue weighted by atomic mass is 16.2. The number of carbonyl (C=O) groups excluding carboxylic acids is 2. The number of nitrogens with one attached hydrogen (secondary N) is 1. The molecule has 1 aliphatic heterocycles. The van der Waals surface area contributed by atoms with Crippen LogP contribution in [0.1, 0.15) is 59.3 Å². The fourth-order valence-corrected chi connectivity index (χ4v) is 2.98. The molecule has 1 saturated heterocycles. The van der Waals surface area contributed by atoms with Gasteiger partial charge in [0.15, 0.2) is 0 Å². The van der Waals surface area contributed by atoms with Crippen molar-refractivity contribution in [3.05, 3.63) is 0 Å². The van der Waals surface area contributed by atoms with Gasteiger partial charge in [-0.3, -0.25) is 19.8 Å². The number of hydrogen-bond donors (Lipinski definition) is 1. The molecule has 1 saturated carbocycles. The largest absolute Gasteiger partial charge is 0.300 e. The smallest absolute Gasteiger partial charge is 0.247 e. The highest BCUT2D eigenvalue weighted by Gasteiger charge is 2.45. The van der Waals surface area contributed by atoms with Crippen LogP contribution in [-0.2, 0) is 9.59 Å². The summed E-state index contributed by atoms with van der Waals surface area (Å²) in [6.45, 7) is 6.10. The molecule has 1 heterocycles. The quantitative estimate of drug-likeness (QED) is 0.759. The van der Waals surface area contributed by atoms with Crippen molar-refractivity contribution in [2.45, 2.75) is 76.9 Å². The van der Waals surface area contributed by atoms with Crippen LogP contribution >= 0.6 is 0 Å². The zero-order valence-electron chi connectivity index (χ0n) is 11.7. The SMILES string of the molecule is CCC(C)N1C(=O)CC(NC2(CC)CCC2)C1=O. The lowest BCUT2D eigenvalue weighted by Gasteiger charge is -2.43. The molecule has 1 aliphatic carbocycles. The molecule has 0 aromatic carbocycles. The Balaban J connectivity index is 2.04. The summed E-state index contributed by atoms with van der Waals surface area (Å²) in [5, 5.41) is 3.46. The first-order valence-corrected chi connectivity index (χ1v) is 7.16. The Bertz CT molecular complexity index is 344. The van der Waals surface area contributed by atoms with Gasteiger partial charge in [0.1, 0.15) is 0 Å². The number of amides is 2. The molecule has 0 aromatic rings. The van der Waals surface area contributed by atoms with Crippen molar-refractivity contribution >= 4 is 11.8 Å². The van der Waals surface area contributed by atoms with E-state index in [1.807, 2.05) is 13.8 Å². The highest BCUT2D eigenvalue weighted by Crippen LogP contribution is 2.36. The molecule has 0 spiro atoms. The maximum atomic E-state index is 12.3. The number of rotatable bonds is 5. The van der Waals surface area contributed by atoms with E-state index in [9.17, 15) is 9.59 Å². The van der Waals surface area contributed by atoms with Gasteiger partial charge >= 0.3 is 0 Å². The van der Waals surface area contributed by atoms with Gasteiger partial charge in [-0.2, -0.15) is 0 Å². The third kappa shape index (κ3) is 2.18. The number of carbonyl (C=O) groups is 2. The van der Waals surface area contributed by atoms with Crippen molar-refractivity contribution in [2.75, 3.05) is 0 Å². The molecule has 18 heavy (non-hydrogen) atoms. The molecule has 0 bridgehead atoms. The molecule has 102 valence electrons. The molecule has 0 aromatic heterocycles. The lowest BCUT2D eigenvalue weighted by atomic mass is 9.74. The van der Waals surface area contributed by atoms with Gasteiger partial charge in [-0.05, 0) is 39.0 Å². The van der Waals surface area contributed by atoms with E-state index in [1.54, 1.807) is 0 Å². The molecule has 2 aliphatic rings. The number of imide groups is 1. The summed E-state index contributed by atoms with van der Waals surface area (Å²) >= 11 is 0. The van der Waals surface area contributed by atoms with E-state index in [4.69, 9.17) is 0 Å². The van der Waals surface area contributed by atoms with Crippen molar-refractivity contribution in [2.24, 2.45) is 0 Å². The molecule has 2 amide bonds. The lowest BCUT2D eigenvalue weighted by Crippen LogP contribution is -2.56. The van der Waals surface area contributed by atoms with Gasteiger partial charge in [-0.1, -0.05) is 13.8 Å². The minimum atomic E-state index is -0.285. The summed E-state index contributed by atoms with van der Waals surface area (Å²) in [4.78, 5) is 25.7. The highest BCUT2D eigenvalue weighted by molar-refractivity contribution is 6.05. The number of likely N-dealkylation sites (tertiary alicyclic amines) is 1. The van der Waals surface area contributed by atoms with Gasteiger partial charge < -0.3 is 0 Å². The van der Waals surface area contributed by atoms with E-state index < -0.39 is 0 Å². The second-order valence-electron chi connectivity index (χ2n) is 5.75. The first kappa shape index (κ1) is 13.5. The third-order valence-corrected chi connectivity index (χ3v) is 4.68. The molecule has 1 N–H and O–H groups in total. The van der Waals surface area contributed by atoms with Gasteiger partial charge in [-0.25, -0.2) is 0 Å². The van der Waals surface area contributed by atoms with Crippen LogP contribution in [-0.4, -0.2) is 34.3 Å². The van der Waals surface area contributed by atoms with Gasteiger partial charge in [0.05, 0.1) is 12.5 Å². The number of nitrogens with zero attached hydrogens (tertiary/aromatic N) is 1. The molecule has 2 unspecified atom stereocenters. The summed E-state index contributed by atoms with van der Waals surface area (Å²) < 4.78 is 0. The lowest BCUT2D eigenvalue weighted by molar-refractivity contribution is -0.141. The maximum absolute atomic E-state index is 12.3. The fraction of sp³-hybridized carbons (Fsp3) is 0.857. The Kier molecular flexibility index (Phi) is 3.76. The normalized spacial score (nSPS) is 28.4. The minimum Gasteiger partial charge on any atom is -0.300 e. The van der Waals surface area contributed by atoms with Crippen LogP contribution in [0.15, 0.2) is 0 Å². The van der Waals surface area contributed by atoms with Gasteiger partial charge in [0, 0.05) is 11.6 Å². The summed E-state index contributed by atoms with van der Waals surface area (Å²) in [5.74, 6) is -0.0356. The van der Waals surface area contributed by atoms with Crippen LogP contribution in [0.5, 0.6) is 0 Å². The maximum Gasteiger partial charge on any atom is 0.247 e. The molecule has 2 fully saturated rings. The third-order valence-electron chi connectivity index (χ3n) is 4.68.